The van der Waals surface area contributed by atoms with E-state index in [1.807, 2.05) is 34.1 Å². The van der Waals surface area contributed by atoms with Crippen LogP contribution in [-0.4, -0.2) is 150 Å². The summed E-state index contributed by atoms with van der Waals surface area (Å²) in [5, 5.41) is 14.7. The van der Waals surface area contributed by atoms with Gasteiger partial charge in [0, 0.05) is 109 Å². The molecule has 5 fully saturated rings. The second kappa shape index (κ2) is 16.9. The third-order valence-electron chi connectivity index (χ3n) is 12.7. The maximum atomic E-state index is 15.8. The van der Waals surface area contributed by atoms with E-state index in [1.165, 1.54) is 6.07 Å². The SMILES string of the molecule is CN1CCN([C@@H]2CCCN(c3nnc(C(N)=O)c(Nc4ccc(N5CCN(CC6CCN(c7ccc(N8CCC(=O)NC8=O)c8cccnc78)CC6)CC5)c(F)c4)n3)C2)C1=O. The molecule has 18 nitrogen and oxygen atoms in total. The first-order chi connectivity index (χ1) is 29.6. The lowest BCUT2D eigenvalue weighted by atomic mass is 9.95. The first-order valence-electron chi connectivity index (χ1n) is 21.2. The van der Waals surface area contributed by atoms with Crippen molar-refractivity contribution in [3.63, 3.8) is 0 Å². The number of likely N-dealkylation sites (N-methyl/N-ethyl adjacent to an activating group) is 1. The van der Waals surface area contributed by atoms with Gasteiger partial charge in [0.2, 0.25) is 11.9 Å². The number of hydrogen-bond donors (Lipinski definition) is 3. The molecular weight excluding hydrogens is 784 g/mol. The summed E-state index contributed by atoms with van der Waals surface area (Å²) < 4.78 is 15.8. The molecule has 5 saturated heterocycles. The molecule has 320 valence electrons. The molecule has 2 aromatic carbocycles. The summed E-state index contributed by atoms with van der Waals surface area (Å²) in [4.78, 5) is 72.8. The number of piperazine rings is 1. The minimum absolute atomic E-state index is 0.00798. The lowest BCUT2D eigenvalue weighted by molar-refractivity contribution is -0.120. The Bertz CT molecular complexity index is 2330. The second-order valence-corrected chi connectivity index (χ2v) is 16.6. The number of aromatic nitrogens is 4. The fourth-order valence-corrected chi connectivity index (χ4v) is 9.40. The number of nitrogens with one attached hydrogen (secondary N) is 2. The van der Waals surface area contributed by atoms with E-state index in [1.54, 1.807) is 35.2 Å². The molecule has 9 rings (SSSR count). The first-order valence-corrected chi connectivity index (χ1v) is 21.2. The fourth-order valence-electron chi connectivity index (χ4n) is 9.40. The van der Waals surface area contributed by atoms with Crippen molar-refractivity contribution in [3.05, 3.63) is 60.2 Å². The molecule has 61 heavy (non-hydrogen) atoms. The number of anilines is 6. The third kappa shape index (κ3) is 8.25. The van der Waals surface area contributed by atoms with Gasteiger partial charge in [-0.1, -0.05) is 0 Å². The molecule has 7 heterocycles. The molecule has 0 aliphatic carbocycles. The standard InChI is InChI=1S/C42H51FN14O4/c1-51-18-23-56(42(51)61)29-4-3-14-55(26-29)40-48-39(37(38(44)59)49-50-40)46-28-6-7-33(31(43)24-28)54-21-19-52(20-22-54)25-27-10-15-53(16-11-27)34-9-8-32(30-5-2-13-45-36(30)34)57-17-12-35(58)47-41(57)60/h2,5-9,13,24,27,29H,3-4,10-12,14-23,25-26H2,1H3,(H2,44,59)(H,46,48,50)(H,47,58,60)/t29-/m1/s1. The summed E-state index contributed by atoms with van der Waals surface area (Å²) in [5.41, 5.74) is 9.05. The summed E-state index contributed by atoms with van der Waals surface area (Å²) in [7, 11) is 1.80. The summed E-state index contributed by atoms with van der Waals surface area (Å²) in [6.45, 7) is 8.69. The van der Waals surface area contributed by atoms with E-state index in [0.29, 0.717) is 69.1 Å². The van der Waals surface area contributed by atoms with Crippen molar-refractivity contribution >= 4 is 69.3 Å². The van der Waals surface area contributed by atoms with Gasteiger partial charge in [0.25, 0.3) is 5.91 Å². The number of nitrogens with two attached hydrogens (primary N) is 1. The van der Waals surface area contributed by atoms with E-state index in [0.717, 1.165) is 80.7 Å². The molecule has 5 aliphatic heterocycles. The Labute approximate surface area is 352 Å². The van der Waals surface area contributed by atoms with Crippen molar-refractivity contribution in [1.82, 2.24) is 40.2 Å². The van der Waals surface area contributed by atoms with Gasteiger partial charge in [0.1, 0.15) is 5.82 Å². The Morgan fingerprint density at radius 3 is 2.38 bits per heavy atom. The molecule has 0 bridgehead atoms. The highest BCUT2D eigenvalue weighted by Crippen LogP contribution is 2.36. The molecule has 1 atom stereocenters. The van der Waals surface area contributed by atoms with Crippen molar-refractivity contribution in [1.29, 1.82) is 0 Å². The van der Waals surface area contributed by atoms with Crippen molar-refractivity contribution < 1.29 is 23.6 Å². The Balaban J connectivity index is 0.787. The number of carbonyl (C=O) groups excluding carboxylic acids is 4. The molecular formula is C42H51FN14O4. The monoisotopic (exact) mass is 834 g/mol. The molecule has 5 aliphatic rings. The minimum atomic E-state index is -0.806. The zero-order valence-electron chi connectivity index (χ0n) is 34.3. The number of carbonyl (C=O) groups is 4. The Kier molecular flexibility index (Phi) is 11.1. The maximum Gasteiger partial charge on any atom is 0.328 e. The van der Waals surface area contributed by atoms with Gasteiger partial charge in [-0.2, -0.15) is 4.98 Å². The summed E-state index contributed by atoms with van der Waals surface area (Å²) in [6.07, 6.45) is 5.82. The fraction of sp³-hybridized carbons (Fsp3) is 0.476. The molecule has 6 amide bonds. The molecule has 0 spiro atoms. The zero-order chi connectivity index (χ0) is 42.2. The number of amides is 6. The summed E-state index contributed by atoms with van der Waals surface area (Å²) >= 11 is 0. The lowest BCUT2D eigenvalue weighted by Crippen LogP contribution is -2.49. The van der Waals surface area contributed by atoms with E-state index in [2.05, 4.69) is 40.5 Å². The number of piperidine rings is 2. The van der Waals surface area contributed by atoms with Gasteiger partial charge in [-0.15, -0.1) is 10.2 Å². The van der Waals surface area contributed by atoms with Gasteiger partial charge < -0.3 is 35.6 Å². The normalized spacial score (nSPS) is 20.8. The predicted molar refractivity (Wildman–Crippen MR) is 229 cm³/mol. The van der Waals surface area contributed by atoms with Gasteiger partial charge in [0.05, 0.1) is 28.6 Å². The molecule has 19 heteroatoms. The maximum absolute atomic E-state index is 15.8. The number of pyridine rings is 1. The van der Waals surface area contributed by atoms with E-state index in [9.17, 15) is 19.2 Å². The largest absolute Gasteiger partial charge is 0.370 e. The average molecular weight is 835 g/mol. The lowest BCUT2D eigenvalue weighted by Gasteiger charge is -2.40. The van der Waals surface area contributed by atoms with Crippen molar-refractivity contribution in [2.45, 2.75) is 38.1 Å². The molecule has 4 aromatic rings. The van der Waals surface area contributed by atoms with Crippen LogP contribution in [0.2, 0.25) is 0 Å². The second-order valence-electron chi connectivity index (χ2n) is 16.6. The molecule has 0 saturated carbocycles. The van der Waals surface area contributed by atoms with E-state index >= 15 is 4.39 Å². The topological polar surface area (TPSA) is 193 Å². The van der Waals surface area contributed by atoms with E-state index in [-0.39, 0.29) is 35.9 Å². The Morgan fingerprint density at radius 1 is 0.869 bits per heavy atom. The number of halogens is 1. The third-order valence-corrected chi connectivity index (χ3v) is 12.7. The number of nitrogens with zero attached hydrogens (tertiary/aromatic N) is 11. The number of hydrogen-bond acceptors (Lipinski definition) is 13. The van der Waals surface area contributed by atoms with Crippen LogP contribution in [0.5, 0.6) is 0 Å². The Hall–Kier alpha value is -6.37. The molecule has 2 aromatic heterocycles. The number of fused-ring (bicyclic) bond motifs is 1. The Morgan fingerprint density at radius 2 is 1.64 bits per heavy atom. The van der Waals surface area contributed by atoms with Crippen LogP contribution >= 0.6 is 0 Å². The smallest absolute Gasteiger partial charge is 0.328 e. The van der Waals surface area contributed by atoms with Crippen molar-refractivity contribution in [2.75, 3.05) is 111 Å². The number of benzene rings is 2. The van der Waals surface area contributed by atoms with Gasteiger partial charge >= 0.3 is 12.1 Å². The van der Waals surface area contributed by atoms with Crippen LogP contribution in [0.3, 0.4) is 0 Å². The van der Waals surface area contributed by atoms with E-state index in [4.69, 9.17) is 10.7 Å². The summed E-state index contributed by atoms with van der Waals surface area (Å²) in [5.74, 6) is -0.525. The number of rotatable bonds is 10. The molecule has 0 radical (unpaired) electrons. The highest BCUT2D eigenvalue weighted by molar-refractivity contribution is 6.11. The van der Waals surface area contributed by atoms with Gasteiger partial charge in [-0.25, -0.2) is 14.0 Å². The van der Waals surface area contributed by atoms with Crippen molar-refractivity contribution in [2.24, 2.45) is 11.7 Å². The van der Waals surface area contributed by atoms with Gasteiger partial charge in [0.15, 0.2) is 11.5 Å². The van der Waals surface area contributed by atoms with Crippen LogP contribution in [0, 0.1) is 11.7 Å². The minimum Gasteiger partial charge on any atom is -0.370 e. The zero-order valence-corrected chi connectivity index (χ0v) is 34.3. The number of urea groups is 2. The van der Waals surface area contributed by atoms with Gasteiger partial charge in [-0.3, -0.25) is 29.7 Å². The van der Waals surface area contributed by atoms with Crippen LogP contribution in [0.15, 0.2) is 48.7 Å². The summed E-state index contributed by atoms with van der Waals surface area (Å²) in [6, 6.07) is 12.4. The first kappa shape index (κ1) is 40.1. The average Bonchev–Trinajstić information content (AvgIpc) is 3.61. The van der Waals surface area contributed by atoms with E-state index < -0.39 is 17.8 Å². The van der Waals surface area contributed by atoms with Crippen molar-refractivity contribution in [3.8, 4) is 0 Å². The highest BCUT2D eigenvalue weighted by Gasteiger charge is 2.35. The van der Waals surface area contributed by atoms with Crippen LogP contribution in [0.1, 0.15) is 42.6 Å². The van der Waals surface area contributed by atoms with Gasteiger partial charge in [-0.05, 0) is 74.1 Å². The number of primary amides is 1. The molecule has 4 N–H and O–H groups in total. The number of imide groups is 1. The predicted octanol–water partition coefficient (Wildman–Crippen LogP) is 3.22. The quantitative estimate of drug-likeness (QED) is 0.211. The van der Waals surface area contributed by atoms with Crippen LogP contribution in [-0.2, 0) is 4.79 Å². The van der Waals surface area contributed by atoms with Crippen LogP contribution < -0.4 is 36.0 Å². The highest BCUT2D eigenvalue weighted by atomic mass is 19.1. The van der Waals surface area contributed by atoms with Crippen LogP contribution in [0.4, 0.5) is 48.5 Å². The van der Waals surface area contributed by atoms with Crippen LogP contribution in [0.25, 0.3) is 10.9 Å². The molecule has 0 unspecified atom stereocenters.